The molecule has 0 unspecified atom stereocenters. The van der Waals surface area contributed by atoms with E-state index in [1.54, 1.807) is 0 Å². The number of carboxylic acid groups (broad SMARTS) is 1. The van der Waals surface area contributed by atoms with E-state index in [9.17, 15) is 9.59 Å². The predicted octanol–water partition coefficient (Wildman–Crippen LogP) is 0.268. The van der Waals surface area contributed by atoms with Crippen molar-refractivity contribution in [3.05, 3.63) is 0 Å². The SMILES string of the molecule is CC(C)NC(C)C.NOC(=O)CC(=O)O.[Pt]. The molecule has 0 atom stereocenters. The monoisotopic (exact) mass is 415 g/mol. The Labute approximate surface area is 110 Å². The summed E-state index contributed by atoms with van der Waals surface area (Å²) in [6.45, 7) is 8.61. The van der Waals surface area contributed by atoms with Gasteiger partial charge in [-0.1, -0.05) is 27.7 Å². The average Bonchev–Trinajstić information content (AvgIpc) is 2.01. The maximum Gasteiger partial charge on any atom is 0.335 e. The van der Waals surface area contributed by atoms with Gasteiger partial charge in [-0.3, -0.25) is 4.79 Å². The Balaban J connectivity index is -0.000000200. The van der Waals surface area contributed by atoms with Crippen molar-refractivity contribution in [2.75, 3.05) is 0 Å². The smallest absolute Gasteiger partial charge is 0.335 e. The first-order valence-electron chi connectivity index (χ1n) is 4.67. The molecule has 0 heterocycles. The first kappa shape index (κ1) is 20.9. The van der Waals surface area contributed by atoms with Gasteiger partial charge in [-0.05, 0) is 0 Å². The van der Waals surface area contributed by atoms with E-state index >= 15 is 0 Å². The molecule has 16 heavy (non-hydrogen) atoms. The molecule has 0 fully saturated rings. The first-order chi connectivity index (χ1) is 6.79. The third-order valence-corrected chi connectivity index (χ3v) is 1.09. The molecule has 0 aliphatic rings. The molecule has 0 radical (unpaired) electrons. The van der Waals surface area contributed by atoms with Crippen molar-refractivity contribution >= 4 is 11.9 Å². The van der Waals surface area contributed by atoms with Gasteiger partial charge in [0, 0.05) is 33.1 Å². The zero-order chi connectivity index (χ0) is 12.4. The Bertz CT molecular complexity index is 192. The third-order valence-electron chi connectivity index (χ3n) is 1.09. The number of carbonyl (C=O) groups is 2. The largest absolute Gasteiger partial charge is 0.481 e. The van der Waals surface area contributed by atoms with Crippen molar-refractivity contribution in [2.45, 2.75) is 46.2 Å². The van der Waals surface area contributed by atoms with Crippen molar-refractivity contribution in [1.29, 1.82) is 0 Å². The minimum Gasteiger partial charge on any atom is -0.481 e. The molecule has 0 aromatic carbocycles. The number of aliphatic carboxylic acids is 1. The second-order valence-corrected chi connectivity index (χ2v) is 3.54. The zero-order valence-electron chi connectivity index (χ0n) is 9.93. The predicted molar refractivity (Wildman–Crippen MR) is 55.9 cm³/mol. The summed E-state index contributed by atoms with van der Waals surface area (Å²) < 4.78 is 0. The summed E-state index contributed by atoms with van der Waals surface area (Å²) in [7, 11) is 0. The van der Waals surface area contributed by atoms with Gasteiger partial charge < -0.3 is 15.3 Å². The van der Waals surface area contributed by atoms with Crippen molar-refractivity contribution in [1.82, 2.24) is 5.32 Å². The Morgan fingerprint density at radius 3 is 1.69 bits per heavy atom. The molecule has 0 saturated heterocycles. The molecule has 6 nitrogen and oxygen atoms in total. The molecule has 0 spiro atoms. The van der Waals surface area contributed by atoms with Crippen LogP contribution >= 0.6 is 0 Å². The summed E-state index contributed by atoms with van der Waals surface area (Å²) >= 11 is 0. The molecule has 100 valence electrons. The van der Waals surface area contributed by atoms with Crippen LogP contribution in [0.4, 0.5) is 0 Å². The van der Waals surface area contributed by atoms with Gasteiger partial charge >= 0.3 is 11.9 Å². The summed E-state index contributed by atoms with van der Waals surface area (Å²) in [4.78, 5) is 23.0. The van der Waals surface area contributed by atoms with Crippen LogP contribution in [0.25, 0.3) is 0 Å². The van der Waals surface area contributed by atoms with E-state index in [1.165, 1.54) is 0 Å². The third kappa shape index (κ3) is 23.4. The number of carbonyl (C=O) groups excluding carboxylic acids is 1. The molecule has 7 heteroatoms. The van der Waals surface area contributed by atoms with Crippen LogP contribution in [0.3, 0.4) is 0 Å². The number of hydrogen-bond donors (Lipinski definition) is 3. The van der Waals surface area contributed by atoms with Crippen LogP contribution in [0.2, 0.25) is 0 Å². The number of rotatable bonds is 4. The van der Waals surface area contributed by atoms with E-state index in [0.717, 1.165) is 0 Å². The second kappa shape index (κ2) is 12.6. The Kier molecular flexibility index (Phi) is 16.5. The number of nitrogens with two attached hydrogens (primary N) is 1. The van der Waals surface area contributed by atoms with E-state index < -0.39 is 18.4 Å². The summed E-state index contributed by atoms with van der Waals surface area (Å²) in [6.07, 6.45) is -0.684. The summed E-state index contributed by atoms with van der Waals surface area (Å²) in [5.41, 5.74) is 0. The fraction of sp³-hybridized carbons (Fsp3) is 0.778. The van der Waals surface area contributed by atoms with Crippen LogP contribution in [0, 0.1) is 0 Å². The maximum atomic E-state index is 9.89. The summed E-state index contributed by atoms with van der Waals surface area (Å²) in [5.74, 6) is 2.11. The molecule has 0 bridgehead atoms. The Hall–Kier alpha value is -0.452. The zero-order valence-corrected chi connectivity index (χ0v) is 12.2. The molecular weight excluding hydrogens is 395 g/mol. The second-order valence-electron chi connectivity index (χ2n) is 3.54. The Morgan fingerprint density at radius 2 is 1.62 bits per heavy atom. The van der Waals surface area contributed by atoms with Gasteiger partial charge in [0.15, 0.2) is 0 Å². The van der Waals surface area contributed by atoms with Gasteiger partial charge in [-0.25, -0.2) is 4.79 Å². The minimum atomic E-state index is -1.25. The number of hydrogen-bond acceptors (Lipinski definition) is 5. The quantitative estimate of drug-likeness (QED) is 0.450. The molecule has 0 amide bonds. The van der Waals surface area contributed by atoms with Gasteiger partial charge in [0.25, 0.3) is 0 Å². The molecule has 0 aliphatic carbocycles. The fourth-order valence-corrected chi connectivity index (χ4v) is 0.832. The van der Waals surface area contributed by atoms with Gasteiger partial charge in [0.1, 0.15) is 6.42 Å². The molecule has 0 aromatic rings. The van der Waals surface area contributed by atoms with Crippen LogP contribution in [-0.4, -0.2) is 29.1 Å². The van der Waals surface area contributed by atoms with Crippen LogP contribution in [0.15, 0.2) is 0 Å². The van der Waals surface area contributed by atoms with Crippen molar-refractivity contribution in [3.8, 4) is 0 Å². The molecule has 4 N–H and O–H groups in total. The normalized spacial score (nSPS) is 8.94. The standard InChI is InChI=1S/C6H15N.C3H5NO4.Pt/c1-5(2)7-6(3)4;4-8-3(7)1-2(5)6;/h5-7H,1-4H3;1,4H2,(H,5,6);. The molecule has 0 aliphatic heterocycles. The maximum absolute atomic E-state index is 9.89. The van der Waals surface area contributed by atoms with Crippen LogP contribution in [0.1, 0.15) is 34.1 Å². The van der Waals surface area contributed by atoms with E-state index in [0.29, 0.717) is 12.1 Å². The van der Waals surface area contributed by atoms with Gasteiger partial charge in [0.05, 0.1) is 0 Å². The van der Waals surface area contributed by atoms with Crippen LogP contribution in [-0.2, 0) is 35.5 Å². The number of carboxylic acids is 1. The van der Waals surface area contributed by atoms with Gasteiger partial charge in [0.2, 0.25) is 0 Å². The molecular formula is C9H20N2O4Pt. The number of nitrogens with one attached hydrogen (secondary N) is 1. The van der Waals surface area contributed by atoms with Crippen LogP contribution < -0.4 is 11.2 Å². The van der Waals surface area contributed by atoms with E-state index in [4.69, 9.17) is 5.11 Å². The van der Waals surface area contributed by atoms with Crippen molar-refractivity contribution in [2.24, 2.45) is 5.90 Å². The Morgan fingerprint density at radius 1 is 1.25 bits per heavy atom. The van der Waals surface area contributed by atoms with E-state index in [2.05, 4.69) is 43.7 Å². The minimum absolute atomic E-state index is 0. The topological polar surface area (TPSA) is 102 Å². The van der Waals surface area contributed by atoms with Gasteiger partial charge in [-0.2, -0.15) is 5.90 Å². The molecule has 0 saturated carbocycles. The van der Waals surface area contributed by atoms with Gasteiger partial charge in [-0.15, -0.1) is 0 Å². The average molecular weight is 415 g/mol. The van der Waals surface area contributed by atoms with E-state index in [-0.39, 0.29) is 21.1 Å². The fourth-order valence-electron chi connectivity index (χ4n) is 0.832. The van der Waals surface area contributed by atoms with E-state index in [1.807, 2.05) is 0 Å². The summed E-state index contributed by atoms with van der Waals surface area (Å²) in [6, 6.07) is 1.25. The summed E-state index contributed by atoms with van der Waals surface area (Å²) in [5, 5.41) is 11.2. The first-order valence-corrected chi connectivity index (χ1v) is 4.67. The van der Waals surface area contributed by atoms with Crippen molar-refractivity contribution in [3.63, 3.8) is 0 Å². The van der Waals surface area contributed by atoms with Crippen molar-refractivity contribution < 1.29 is 40.6 Å². The van der Waals surface area contributed by atoms with Crippen LogP contribution in [0.5, 0.6) is 0 Å². The molecule has 0 rings (SSSR count). The molecule has 0 aromatic heterocycles.